The number of benzene rings is 1. The maximum Gasteiger partial charge on any atom is 0.166 e. The van der Waals surface area contributed by atoms with Crippen LogP contribution in [0.4, 0.5) is 0 Å². The van der Waals surface area contributed by atoms with Gasteiger partial charge < -0.3 is 4.74 Å². The van der Waals surface area contributed by atoms with Crippen LogP contribution in [0.15, 0.2) is 18.2 Å². The number of rotatable bonds is 7. The van der Waals surface area contributed by atoms with Gasteiger partial charge in [-0.05, 0) is 25.0 Å². The van der Waals surface area contributed by atoms with E-state index in [-0.39, 0.29) is 5.78 Å². The lowest BCUT2D eigenvalue weighted by Gasteiger charge is -2.19. The molecule has 1 unspecified atom stereocenters. The van der Waals surface area contributed by atoms with E-state index >= 15 is 0 Å². The van der Waals surface area contributed by atoms with E-state index in [1.54, 1.807) is 18.2 Å². The number of ether oxygens (including phenoxy) is 1. The van der Waals surface area contributed by atoms with Crippen molar-refractivity contribution in [3.63, 3.8) is 0 Å². The molecule has 0 radical (unpaired) electrons. The molecule has 100 valence electrons. The molecule has 18 heavy (non-hydrogen) atoms. The van der Waals surface area contributed by atoms with Crippen LogP contribution >= 0.6 is 23.2 Å². The summed E-state index contributed by atoms with van der Waals surface area (Å²) < 4.78 is 5.63. The molecule has 1 aromatic carbocycles. The molecule has 0 aliphatic rings. The Kier molecular flexibility index (Phi) is 6.69. The number of halogens is 2. The maximum atomic E-state index is 12.1. The van der Waals surface area contributed by atoms with Gasteiger partial charge in [0.1, 0.15) is 6.10 Å². The maximum absolute atomic E-state index is 12.1. The smallest absolute Gasteiger partial charge is 0.166 e. The number of carbonyl (C=O) groups excluding carboxylic acids is 1. The Labute approximate surface area is 118 Å². The summed E-state index contributed by atoms with van der Waals surface area (Å²) in [6, 6.07) is 5.21. The highest BCUT2D eigenvalue weighted by atomic mass is 35.5. The van der Waals surface area contributed by atoms with Crippen molar-refractivity contribution in [1.82, 2.24) is 0 Å². The lowest BCUT2D eigenvalue weighted by Crippen LogP contribution is -2.17. The van der Waals surface area contributed by atoms with Gasteiger partial charge in [-0.2, -0.15) is 0 Å². The van der Waals surface area contributed by atoms with Crippen LogP contribution in [0.5, 0.6) is 0 Å². The van der Waals surface area contributed by atoms with Gasteiger partial charge in [0.25, 0.3) is 0 Å². The Morgan fingerprint density at radius 1 is 1.22 bits per heavy atom. The fourth-order valence-corrected chi connectivity index (χ4v) is 2.31. The third-order valence-electron chi connectivity index (χ3n) is 2.54. The third kappa shape index (κ3) is 3.98. The van der Waals surface area contributed by atoms with Crippen molar-refractivity contribution in [3.05, 3.63) is 33.8 Å². The van der Waals surface area contributed by atoms with Crippen LogP contribution in [0.25, 0.3) is 0 Å². The molecule has 2 nitrogen and oxygen atoms in total. The first-order chi connectivity index (χ1) is 8.61. The largest absolute Gasteiger partial charge is 0.366 e. The highest BCUT2D eigenvalue weighted by Gasteiger charge is 2.25. The molecule has 0 heterocycles. The lowest BCUT2D eigenvalue weighted by molar-refractivity contribution is -0.131. The number of hydrogen-bond acceptors (Lipinski definition) is 2. The molecule has 0 N–H and O–H groups in total. The summed E-state index contributed by atoms with van der Waals surface area (Å²) in [5.41, 5.74) is 0.590. The third-order valence-corrected chi connectivity index (χ3v) is 3.20. The van der Waals surface area contributed by atoms with Crippen molar-refractivity contribution in [2.45, 2.75) is 39.2 Å². The molecule has 0 saturated carbocycles. The van der Waals surface area contributed by atoms with Crippen LogP contribution in [0.1, 0.15) is 44.8 Å². The molecule has 0 aliphatic carbocycles. The molecule has 1 rings (SSSR count). The van der Waals surface area contributed by atoms with Crippen LogP contribution in [0, 0.1) is 0 Å². The standard InChI is InChI=1S/C14H18Cl2O2/c1-3-6-12(17)14(18-9-4-2)13-10(15)7-5-8-11(13)16/h5,7-8,14H,3-4,6,9H2,1-2H3. The summed E-state index contributed by atoms with van der Waals surface area (Å²) in [4.78, 5) is 12.1. The van der Waals surface area contributed by atoms with Gasteiger partial charge in [0, 0.05) is 28.6 Å². The van der Waals surface area contributed by atoms with E-state index in [0.29, 0.717) is 28.6 Å². The molecule has 4 heteroatoms. The normalized spacial score (nSPS) is 12.4. The number of hydrogen-bond donors (Lipinski definition) is 0. The molecule has 1 aromatic rings. The molecular formula is C14H18Cl2O2. The monoisotopic (exact) mass is 288 g/mol. The summed E-state index contributed by atoms with van der Waals surface area (Å²) in [5, 5.41) is 0.959. The number of ketones is 1. The molecule has 0 fully saturated rings. The Bertz CT molecular complexity index is 385. The fourth-order valence-electron chi connectivity index (χ4n) is 1.71. The Hall–Kier alpha value is -0.570. The summed E-state index contributed by atoms with van der Waals surface area (Å²) in [7, 11) is 0. The second-order valence-electron chi connectivity index (χ2n) is 4.10. The van der Waals surface area contributed by atoms with E-state index in [1.807, 2.05) is 13.8 Å². The average Bonchev–Trinajstić information content (AvgIpc) is 2.33. The Morgan fingerprint density at radius 2 is 1.83 bits per heavy atom. The molecule has 0 bridgehead atoms. The van der Waals surface area contributed by atoms with Crippen molar-refractivity contribution in [3.8, 4) is 0 Å². The molecular weight excluding hydrogens is 271 g/mol. The first kappa shape index (κ1) is 15.5. The zero-order valence-electron chi connectivity index (χ0n) is 10.7. The van der Waals surface area contributed by atoms with Gasteiger partial charge in [0.2, 0.25) is 0 Å². The first-order valence-corrected chi connectivity index (χ1v) is 6.95. The molecule has 0 amide bonds. The fraction of sp³-hybridized carbons (Fsp3) is 0.500. The van der Waals surface area contributed by atoms with E-state index in [4.69, 9.17) is 27.9 Å². The summed E-state index contributed by atoms with van der Waals surface area (Å²) in [6.45, 7) is 4.47. The predicted octanol–water partition coefficient (Wildman–Crippen LogP) is 4.83. The van der Waals surface area contributed by atoms with Crippen molar-refractivity contribution < 1.29 is 9.53 Å². The van der Waals surface area contributed by atoms with E-state index < -0.39 is 6.10 Å². The second kappa shape index (κ2) is 7.78. The minimum atomic E-state index is -0.647. The van der Waals surface area contributed by atoms with E-state index in [1.165, 1.54) is 0 Å². The summed E-state index contributed by atoms with van der Waals surface area (Å²) in [5.74, 6) is 0.0287. The Balaban J connectivity index is 3.04. The van der Waals surface area contributed by atoms with Crippen molar-refractivity contribution in [2.75, 3.05) is 6.61 Å². The molecule has 0 spiro atoms. The zero-order chi connectivity index (χ0) is 13.5. The van der Waals surface area contributed by atoms with Crippen LogP contribution in [-0.4, -0.2) is 12.4 Å². The van der Waals surface area contributed by atoms with Gasteiger partial charge in [0.15, 0.2) is 5.78 Å². The van der Waals surface area contributed by atoms with Gasteiger partial charge in [-0.1, -0.05) is 43.1 Å². The average molecular weight is 289 g/mol. The minimum Gasteiger partial charge on any atom is -0.366 e. The van der Waals surface area contributed by atoms with Gasteiger partial charge in [0.05, 0.1) is 0 Å². The zero-order valence-corrected chi connectivity index (χ0v) is 12.2. The highest BCUT2D eigenvalue weighted by Crippen LogP contribution is 2.33. The van der Waals surface area contributed by atoms with Crippen molar-refractivity contribution >= 4 is 29.0 Å². The minimum absolute atomic E-state index is 0.0287. The van der Waals surface area contributed by atoms with Gasteiger partial charge in [-0.15, -0.1) is 0 Å². The highest BCUT2D eigenvalue weighted by molar-refractivity contribution is 6.36. The lowest BCUT2D eigenvalue weighted by atomic mass is 10.0. The number of carbonyl (C=O) groups is 1. The molecule has 0 aromatic heterocycles. The molecule has 0 saturated heterocycles. The number of Topliss-reactive ketones (excluding diaryl/α,β-unsaturated/α-hetero) is 1. The van der Waals surface area contributed by atoms with Crippen LogP contribution < -0.4 is 0 Å². The quantitative estimate of drug-likeness (QED) is 0.718. The van der Waals surface area contributed by atoms with E-state index in [0.717, 1.165) is 12.8 Å². The van der Waals surface area contributed by atoms with Crippen LogP contribution in [0.3, 0.4) is 0 Å². The van der Waals surface area contributed by atoms with Crippen LogP contribution in [-0.2, 0) is 9.53 Å². The second-order valence-corrected chi connectivity index (χ2v) is 4.92. The van der Waals surface area contributed by atoms with Gasteiger partial charge in [-0.3, -0.25) is 4.79 Å². The summed E-state index contributed by atoms with van der Waals surface area (Å²) >= 11 is 12.3. The van der Waals surface area contributed by atoms with E-state index in [2.05, 4.69) is 0 Å². The SMILES string of the molecule is CCCOC(C(=O)CCC)c1c(Cl)cccc1Cl. The van der Waals surface area contributed by atoms with Crippen LogP contribution in [0.2, 0.25) is 10.0 Å². The Morgan fingerprint density at radius 3 is 2.33 bits per heavy atom. The van der Waals surface area contributed by atoms with Gasteiger partial charge in [-0.25, -0.2) is 0 Å². The van der Waals surface area contributed by atoms with Crippen molar-refractivity contribution in [2.24, 2.45) is 0 Å². The molecule has 1 atom stereocenters. The van der Waals surface area contributed by atoms with E-state index in [9.17, 15) is 4.79 Å². The van der Waals surface area contributed by atoms with Crippen molar-refractivity contribution in [1.29, 1.82) is 0 Å². The summed E-state index contributed by atoms with van der Waals surface area (Å²) in [6.07, 6.45) is 1.45. The molecule has 0 aliphatic heterocycles. The topological polar surface area (TPSA) is 26.3 Å². The predicted molar refractivity (Wildman–Crippen MR) is 75.4 cm³/mol. The first-order valence-electron chi connectivity index (χ1n) is 6.20. The van der Waals surface area contributed by atoms with Gasteiger partial charge >= 0.3 is 0 Å².